The van der Waals surface area contributed by atoms with Crippen LogP contribution < -0.4 is 11.1 Å². The van der Waals surface area contributed by atoms with Crippen molar-refractivity contribution in [2.24, 2.45) is 5.73 Å². The predicted octanol–water partition coefficient (Wildman–Crippen LogP) is 1.73. The Bertz CT molecular complexity index is 416. The lowest BCUT2D eigenvalue weighted by molar-refractivity contribution is -0.00816. The molecule has 1 amide bonds. The maximum atomic E-state index is 12.2. The average molecular weight is 264 g/mol. The molecule has 0 heterocycles. The lowest BCUT2D eigenvalue weighted by Gasteiger charge is -2.25. The maximum absolute atomic E-state index is 12.2. The van der Waals surface area contributed by atoms with Gasteiger partial charge in [-0.2, -0.15) is 0 Å². The van der Waals surface area contributed by atoms with Gasteiger partial charge in [-0.1, -0.05) is 18.2 Å². The van der Waals surface area contributed by atoms with Gasteiger partial charge in [0.2, 0.25) is 0 Å². The van der Waals surface area contributed by atoms with Gasteiger partial charge in [-0.15, -0.1) is 0 Å². The van der Waals surface area contributed by atoms with Gasteiger partial charge in [-0.3, -0.25) is 4.79 Å². The number of carbonyl (C=O) groups is 1. The zero-order valence-corrected chi connectivity index (χ0v) is 12.0. The molecule has 0 fully saturated rings. The third-order valence-corrected chi connectivity index (χ3v) is 2.89. The van der Waals surface area contributed by atoms with Crippen LogP contribution in [0, 0.1) is 0 Å². The second-order valence-corrected chi connectivity index (χ2v) is 5.07. The van der Waals surface area contributed by atoms with Crippen LogP contribution in [0.2, 0.25) is 0 Å². The number of nitrogens with one attached hydrogen (secondary N) is 1. The first-order chi connectivity index (χ1) is 9.00. The van der Waals surface area contributed by atoms with Gasteiger partial charge in [-0.05, 0) is 45.4 Å². The summed E-state index contributed by atoms with van der Waals surface area (Å²) in [6, 6.07) is 7.55. The van der Waals surface area contributed by atoms with Crippen molar-refractivity contribution in [3.8, 4) is 0 Å². The standard InChI is InChI=1S/C15H24N2O2/c1-4-19-15(2,3)11-17-14(18)13-8-6-5-7-12(13)9-10-16/h5-8H,4,9-11,16H2,1-3H3,(H,17,18). The molecule has 0 unspecified atom stereocenters. The van der Waals surface area contributed by atoms with Gasteiger partial charge in [-0.25, -0.2) is 0 Å². The molecule has 0 aromatic heterocycles. The van der Waals surface area contributed by atoms with Crippen molar-refractivity contribution >= 4 is 5.91 Å². The van der Waals surface area contributed by atoms with Gasteiger partial charge in [0, 0.05) is 18.7 Å². The molecule has 19 heavy (non-hydrogen) atoms. The largest absolute Gasteiger partial charge is 0.374 e. The lowest BCUT2D eigenvalue weighted by atomic mass is 10.0. The zero-order valence-electron chi connectivity index (χ0n) is 12.0. The summed E-state index contributed by atoms with van der Waals surface area (Å²) >= 11 is 0. The SMILES string of the molecule is CCOC(C)(C)CNC(=O)c1ccccc1CCN. The Hall–Kier alpha value is -1.39. The fraction of sp³-hybridized carbons (Fsp3) is 0.533. The van der Waals surface area contributed by atoms with E-state index < -0.39 is 0 Å². The third-order valence-electron chi connectivity index (χ3n) is 2.89. The van der Waals surface area contributed by atoms with E-state index in [1.165, 1.54) is 0 Å². The number of ether oxygens (including phenoxy) is 1. The van der Waals surface area contributed by atoms with E-state index in [1.54, 1.807) is 0 Å². The summed E-state index contributed by atoms with van der Waals surface area (Å²) in [6.45, 7) is 7.52. The van der Waals surface area contributed by atoms with E-state index in [2.05, 4.69) is 5.32 Å². The van der Waals surface area contributed by atoms with Crippen LogP contribution in [0.15, 0.2) is 24.3 Å². The van der Waals surface area contributed by atoms with E-state index in [4.69, 9.17) is 10.5 Å². The molecule has 1 aromatic rings. The Morgan fingerprint density at radius 1 is 1.37 bits per heavy atom. The first kappa shape index (κ1) is 15.7. The molecular formula is C15H24N2O2. The van der Waals surface area contributed by atoms with Gasteiger partial charge >= 0.3 is 0 Å². The number of hydrogen-bond donors (Lipinski definition) is 2. The van der Waals surface area contributed by atoms with Crippen molar-refractivity contribution in [1.29, 1.82) is 0 Å². The van der Waals surface area contributed by atoms with E-state index in [-0.39, 0.29) is 11.5 Å². The molecule has 4 nitrogen and oxygen atoms in total. The zero-order chi connectivity index (χ0) is 14.3. The average Bonchev–Trinajstić information content (AvgIpc) is 2.37. The number of nitrogens with two attached hydrogens (primary N) is 1. The van der Waals surface area contributed by atoms with Crippen LogP contribution in [0.4, 0.5) is 0 Å². The maximum Gasteiger partial charge on any atom is 0.251 e. The van der Waals surface area contributed by atoms with Crippen LogP contribution in [0.1, 0.15) is 36.7 Å². The molecule has 0 bridgehead atoms. The molecule has 1 aromatic carbocycles. The molecule has 0 saturated heterocycles. The van der Waals surface area contributed by atoms with Crippen LogP contribution in [-0.4, -0.2) is 31.2 Å². The summed E-state index contributed by atoms with van der Waals surface area (Å²) in [5, 5.41) is 2.92. The van der Waals surface area contributed by atoms with Gasteiger partial charge in [0.15, 0.2) is 0 Å². The summed E-state index contributed by atoms with van der Waals surface area (Å²) in [6.07, 6.45) is 0.707. The van der Waals surface area contributed by atoms with Crippen molar-refractivity contribution in [3.05, 3.63) is 35.4 Å². The summed E-state index contributed by atoms with van der Waals surface area (Å²) in [5.41, 5.74) is 6.88. The van der Waals surface area contributed by atoms with E-state index >= 15 is 0 Å². The number of rotatable bonds is 7. The van der Waals surface area contributed by atoms with Crippen molar-refractivity contribution in [2.45, 2.75) is 32.8 Å². The number of benzene rings is 1. The highest BCUT2D eigenvalue weighted by atomic mass is 16.5. The molecule has 106 valence electrons. The Labute approximate surface area is 115 Å². The smallest absolute Gasteiger partial charge is 0.251 e. The molecule has 0 aliphatic carbocycles. The van der Waals surface area contributed by atoms with Crippen LogP contribution in [0.5, 0.6) is 0 Å². The second kappa shape index (κ2) is 7.26. The molecule has 1 rings (SSSR count). The quantitative estimate of drug-likeness (QED) is 0.788. The van der Waals surface area contributed by atoms with Crippen molar-refractivity contribution in [1.82, 2.24) is 5.32 Å². The Morgan fingerprint density at radius 3 is 2.68 bits per heavy atom. The van der Waals surface area contributed by atoms with E-state index in [0.29, 0.717) is 31.7 Å². The van der Waals surface area contributed by atoms with E-state index in [0.717, 1.165) is 5.56 Å². The summed E-state index contributed by atoms with van der Waals surface area (Å²) < 4.78 is 5.56. The fourth-order valence-corrected chi connectivity index (χ4v) is 1.95. The van der Waals surface area contributed by atoms with Crippen LogP contribution in [0.3, 0.4) is 0 Å². The third kappa shape index (κ3) is 5.01. The molecule has 0 radical (unpaired) electrons. The minimum atomic E-state index is -0.354. The van der Waals surface area contributed by atoms with Crippen molar-refractivity contribution in [2.75, 3.05) is 19.7 Å². The Morgan fingerprint density at radius 2 is 2.05 bits per heavy atom. The van der Waals surface area contributed by atoms with E-state index in [9.17, 15) is 4.79 Å². The predicted molar refractivity (Wildman–Crippen MR) is 77.2 cm³/mol. The fourth-order valence-electron chi connectivity index (χ4n) is 1.95. The molecule has 0 atom stereocenters. The second-order valence-electron chi connectivity index (χ2n) is 5.07. The van der Waals surface area contributed by atoms with Gasteiger partial charge in [0.1, 0.15) is 0 Å². The molecule has 0 aliphatic rings. The molecule has 0 aliphatic heterocycles. The number of carbonyl (C=O) groups excluding carboxylic acids is 1. The Balaban J connectivity index is 2.68. The highest BCUT2D eigenvalue weighted by Crippen LogP contribution is 2.11. The molecular weight excluding hydrogens is 240 g/mol. The van der Waals surface area contributed by atoms with Crippen LogP contribution >= 0.6 is 0 Å². The summed E-state index contributed by atoms with van der Waals surface area (Å²) in [4.78, 5) is 12.2. The minimum Gasteiger partial charge on any atom is -0.374 e. The first-order valence-corrected chi connectivity index (χ1v) is 6.70. The van der Waals surface area contributed by atoms with Gasteiger partial charge < -0.3 is 15.8 Å². The highest BCUT2D eigenvalue weighted by molar-refractivity contribution is 5.95. The topological polar surface area (TPSA) is 64.3 Å². The molecule has 0 saturated carbocycles. The van der Waals surface area contributed by atoms with Crippen LogP contribution in [0.25, 0.3) is 0 Å². The normalized spacial score (nSPS) is 11.4. The van der Waals surface area contributed by atoms with E-state index in [1.807, 2.05) is 45.0 Å². The van der Waals surface area contributed by atoms with Crippen molar-refractivity contribution in [3.63, 3.8) is 0 Å². The summed E-state index contributed by atoms with van der Waals surface area (Å²) in [7, 11) is 0. The molecule has 0 spiro atoms. The summed E-state index contributed by atoms with van der Waals surface area (Å²) in [5.74, 6) is -0.0724. The molecule has 4 heteroatoms. The first-order valence-electron chi connectivity index (χ1n) is 6.70. The lowest BCUT2D eigenvalue weighted by Crippen LogP contribution is -2.40. The number of amides is 1. The van der Waals surface area contributed by atoms with Crippen LogP contribution in [-0.2, 0) is 11.2 Å². The van der Waals surface area contributed by atoms with Gasteiger partial charge in [0.05, 0.1) is 5.60 Å². The van der Waals surface area contributed by atoms with Crippen molar-refractivity contribution < 1.29 is 9.53 Å². The Kier molecular flexibility index (Phi) is 5.99. The van der Waals surface area contributed by atoms with Gasteiger partial charge in [0.25, 0.3) is 5.91 Å². The highest BCUT2D eigenvalue weighted by Gasteiger charge is 2.19. The monoisotopic (exact) mass is 264 g/mol. The minimum absolute atomic E-state index is 0.0724. The number of hydrogen-bond acceptors (Lipinski definition) is 3. The molecule has 3 N–H and O–H groups in total.